The number of aromatic nitrogens is 3. The third-order valence-corrected chi connectivity index (χ3v) is 3.52. The molecule has 17 heavy (non-hydrogen) atoms. The third-order valence-electron chi connectivity index (χ3n) is 3.52. The van der Waals surface area contributed by atoms with Crippen LogP contribution in [-0.4, -0.2) is 38.9 Å². The number of ether oxygens (including phenoxy) is 1. The number of carbonyl (C=O) groups excluding carboxylic acids is 2. The fraction of sp³-hybridized carbons (Fsp3) is 0.400. The van der Waals surface area contributed by atoms with E-state index in [0.29, 0.717) is 0 Å². The Hall–Kier alpha value is -2.02. The van der Waals surface area contributed by atoms with Gasteiger partial charge in [0.25, 0.3) is 11.8 Å². The molecular weight excluding hydrogens is 224 g/mol. The number of carbonyl (C=O) groups is 2. The zero-order chi connectivity index (χ0) is 11.6. The van der Waals surface area contributed by atoms with Gasteiger partial charge >= 0.3 is 0 Å². The summed E-state index contributed by atoms with van der Waals surface area (Å²) in [6.07, 6.45) is 5.87. The first-order chi connectivity index (χ1) is 8.27. The van der Waals surface area contributed by atoms with Gasteiger partial charge in [-0.05, 0) is 0 Å². The topological polar surface area (TPSA) is 77.3 Å². The van der Waals surface area contributed by atoms with Crippen LogP contribution in [0.3, 0.4) is 0 Å². The van der Waals surface area contributed by atoms with Crippen molar-refractivity contribution in [1.82, 2.24) is 14.9 Å². The summed E-state index contributed by atoms with van der Waals surface area (Å²) in [5.41, 5.74) is 0. The minimum atomic E-state index is -0.389. The highest BCUT2D eigenvalue weighted by molar-refractivity contribution is 6.17. The summed E-state index contributed by atoms with van der Waals surface area (Å²) in [5, 5.41) is 8.31. The minimum Gasteiger partial charge on any atom is -0.365 e. The molecule has 4 rings (SSSR count). The van der Waals surface area contributed by atoms with Gasteiger partial charge in [0.2, 0.25) is 0 Å². The summed E-state index contributed by atoms with van der Waals surface area (Å²) < 4.78 is 6.85. The lowest BCUT2D eigenvalue weighted by atomic mass is 9.85. The predicted molar refractivity (Wildman–Crippen MR) is 53.0 cm³/mol. The van der Waals surface area contributed by atoms with Crippen LogP contribution in [-0.2, 0) is 14.3 Å². The molecular formula is C10H8N4O3. The van der Waals surface area contributed by atoms with E-state index < -0.39 is 0 Å². The lowest BCUT2D eigenvalue weighted by Gasteiger charge is -2.16. The fourth-order valence-corrected chi connectivity index (χ4v) is 2.81. The standard InChI is InChI=1S/C10H8N4O3/c15-9-7-5-1-2-6(17-5)8(7)10(16)14(9)13-3-11-12-4-13/h1-8H/t5-,6-,7-,8+/m0/s1. The highest BCUT2D eigenvalue weighted by Crippen LogP contribution is 2.44. The van der Waals surface area contributed by atoms with Gasteiger partial charge in [-0.1, -0.05) is 12.2 Å². The number of nitrogens with zero attached hydrogens (tertiary/aromatic N) is 4. The van der Waals surface area contributed by atoms with Crippen molar-refractivity contribution in [2.45, 2.75) is 12.2 Å². The summed E-state index contributed by atoms with van der Waals surface area (Å²) in [4.78, 5) is 24.4. The maximum absolute atomic E-state index is 12.2. The Morgan fingerprint density at radius 2 is 1.53 bits per heavy atom. The second-order valence-corrected chi connectivity index (χ2v) is 4.33. The number of amides is 2. The van der Waals surface area contributed by atoms with Gasteiger partial charge in [0.1, 0.15) is 12.7 Å². The van der Waals surface area contributed by atoms with Crippen LogP contribution in [0, 0.1) is 11.8 Å². The maximum atomic E-state index is 12.2. The average Bonchev–Trinajstić information content (AvgIpc) is 3.03. The maximum Gasteiger partial charge on any atom is 0.255 e. The minimum absolute atomic E-state index is 0.239. The quantitative estimate of drug-likeness (QED) is 0.451. The Bertz CT molecular complexity index is 508. The number of fused-ring (bicyclic) bond motifs is 5. The van der Waals surface area contributed by atoms with Gasteiger partial charge in [0.05, 0.1) is 24.0 Å². The first-order valence-corrected chi connectivity index (χ1v) is 5.34. The van der Waals surface area contributed by atoms with Crippen LogP contribution in [0.1, 0.15) is 0 Å². The van der Waals surface area contributed by atoms with Crippen LogP contribution in [0.5, 0.6) is 0 Å². The molecule has 86 valence electrons. The Kier molecular flexibility index (Phi) is 1.49. The average molecular weight is 232 g/mol. The van der Waals surface area contributed by atoms with Gasteiger partial charge < -0.3 is 4.74 Å². The van der Waals surface area contributed by atoms with Gasteiger partial charge in [0, 0.05) is 0 Å². The molecule has 1 aromatic heterocycles. The number of hydrogen-bond donors (Lipinski definition) is 0. The molecule has 4 heterocycles. The molecule has 0 spiro atoms. The van der Waals surface area contributed by atoms with Crippen molar-refractivity contribution in [2.24, 2.45) is 11.8 Å². The van der Waals surface area contributed by atoms with E-state index in [1.54, 1.807) is 0 Å². The van der Waals surface area contributed by atoms with Crippen LogP contribution >= 0.6 is 0 Å². The van der Waals surface area contributed by atoms with Crippen molar-refractivity contribution >= 4 is 11.8 Å². The summed E-state index contributed by atoms with van der Waals surface area (Å²) in [7, 11) is 0. The molecule has 7 heteroatoms. The van der Waals surface area contributed by atoms with E-state index in [-0.39, 0.29) is 35.9 Å². The van der Waals surface area contributed by atoms with Crippen molar-refractivity contribution < 1.29 is 14.3 Å². The second-order valence-electron chi connectivity index (χ2n) is 4.33. The molecule has 1 aromatic rings. The zero-order valence-electron chi connectivity index (χ0n) is 8.63. The first kappa shape index (κ1) is 9.06. The number of hydrogen-bond acceptors (Lipinski definition) is 5. The summed E-state index contributed by atoms with van der Waals surface area (Å²) >= 11 is 0. The molecule has 4 atom stereocenters. The van der Waals surface area contributed by atoms with E-state index in [9.17, 15) is 9.59 Å². The van der Waals surface area contributed by atoms with E-state index in [1.165, 1.54) is 17.3 Å². The van der Waals surface area contributed by atoms with Crippen LogP contribution in [0.4, 0.5) is 0 Å². The molecule has 0 radical (unpaired) electrons. The lowest BCUT2D eigenvalue weighted by Crippen LogP contribution is -2.42. The Morgan fingerprint density at radius 3 is 2.06 bits per heavy atom. The van der Waals surface area contributed by atoms with Gasteiger partial charge in [-0.15, -0.1) is 10.2 Å². The molecule has 7 nitrogen and oxygen atoms in total. The highest BCUT2D eigenvalue weighted by atomic mass is 16.5. The van der Waals surface area contributed by atoms with Crippen molar-refractivity contribution in [3.05, 3.63) is 24.8 Å². The van der Waals surface area contributed by atoms with Crippen LogP contribution in [0.15, 0.2) is 24.8 Å². The van der Waals surface area contributed by atoms with E-state index >= 15 is 0 Å². The van der Waals surface area contributed by atoms with Gasteiger partial charge in [-0.2, -0.15) is 5.01 Å². The molecule has 3 aliphatic heterocycles. The van der Waals surface area contributed by atoms with Crippen molar-refractivity contribution in [1.29, 1.82) is 0 Å². The highest BCUT2D eigenvalue weighted by Gasteiger charge is 2.61. The molecule has 2 saturated heterocycles. The van der Waals surface area contributed by atoms with Gasteiger partial charge in [-0.3, -0.25) is 9.59 Å². The molecule has 0 aromatic carbocycles. The predicted octanol–water partition coefficient (Wildman–Crippen LogP) is -1.15. The molecule has 2 fully saturated rings. The van der Waals surface area contributed by atoms with Crippen LogP contribution < -0.4 is 5.01 Å². The van der Waals surface area contributed by atoms with E-state index in [0.717, 1.165) is 5.01 Å². The Morgan fingerprint density at radius 1 is 1.00 bits per heavy atom. The Balaban J connectivity index is 1.79. The normalized spacial score (nSPS) is 38.2. The van der Waals surface area contributed by atoms with E-state index in [2.05, 4.69) is 10.2 Å². The summed E-state index contributed by atoms with van der Waals surface area (Å²) in [6.45, 7) is 0. The summed E-state index contributed by atoms with van der Waals surface area (Å²) in [6, 6.07) is 0. The number of rotatable bonds is 1. The van der Waals surface area contributed by atoms with E-state index in [4.69, 9.17) is 4.74 Å². The fourth-order valence-electron chi connectivity index (χ4n) is 2.81. The van der Waals surface area contributed by atoms with Crippen LogP contribution in [0.2, 0.25) is 0 Å². The van der Waals surface area contributed by atoms with E-state index in [1.807, 2.05) is 12.2 Å². The van der Waals surface area contributed by atoms with Crippen molar-refractivity contribution in [3.63, 3.8) is 0 Å². The zero-order valence-corrected chi connectivity index (χ0v) is 8.63. The Labute approximate surface area is 95.6 Å². The van der Waals surface area contributed by atoms with Gasteiger partial charge in [0.15, 0.2) is 0 Å². The molecule has 0 N–H and O–H groups in total. The van der Waals surface area contributed by atoms with Crippen molar-refractivity contribution in [2.75, 3.05) is 5.01 Å². The molecule has 2 bridgehead atoms. The monoisotopic (exact) mass is 232 g/mol. The molecule has 0 unspecified atom stereocenters. The first-order valence-electron chi connectivity index (χ1n) is 5.34. The molecule has 3 aliphatic rings. The van der Waals surface area contributed by atoms with Crippen molar-refractivity contribution in [3.8, 4) is 0 Å². The second kappa shape index (κ2) is 2.80. The molecule has 0 aliphatic carbocycles. The largest absolute Gasteiger partial charge is 0.365 e. The SMILES string of the molecule is O=C1[C@@H]2[C@H](C(=O)N1n1cnnc1)[C@@H]1C=C[C@@H]2O1. The van der Waals surface area contributed by atoms with Crippen LogP contribution in [0.25, 0.3) is 0 Å². The lowest BCUT2D eigenvalue weighted by molar-refractivity contribution is -0.127. The summed E-state index contributed by atoms with van der Waals surface area (Å²) in [5.74, 6) is -1.26. The smallest absolute Gasteiger partial charge is 0.255 e. The molecule has 2 amide bonds. The third kappa shape index (κ3) is 0.949. The van der Waals surface area contributed by atoms with Gasteiger partial charge in [-0.25, -0.2) is 4.68 Å². The number of imide groups is 1. The molecule has 0 saturated carbocycles.